The number of rotatable bonds is 2. The quantitative estimate of drug-likeness (QED) is 0.715. The highest BCUT2D eigenvalue weighted by molar-refractivity contribution is 7.92. The lowest BCUT2D eigenvalue weighted by Gasteiger charge is -2.26. The van der Waals surface area contributed by atoms with Gasteiger partial charge in [0.25, 0.3) is 0 Å². The number of nitrogens with zero attached hydrogens (tertiary/aromatic N) is 1. The number of anilines is 2. The molecule has 1 aromatic heterocycles. The van der Waals surface area contributed by atoms with E-state index in [9.17, 15) is 8.42 Å². The second-order valence-electron chi connectivity index (χ2n) is 3.39. The highest BCUT2D eigenvalue weighted by Gasteiger charge is 2.33. The Kier molecular flexibility index (Phi) is 2.07. The molecule has 2 heterocycles. The van der Waals surface area contributed by atoms with Crippen molar-refractivity contribution in [2.45, 2.75) is 6.04 Å². The zero-order chi connectivity index (χ0) is 10.2. The van der Waals surface area contributed by atoms with Crippen LogP contribution < -0.4 is 11.1 Å². The van der Waals surface area contributed by atoms with Crippen molar-refractivity contribution < 1.29 is 8.42 Å². The lowest BCUT2D eigenvalue weighted by atomic mass is 10.3. The van der Waals surface area contributed by atoms with Crippen LogP contribution in [0.25, 0.3) is 0 Å². The molecular formula is C8H11N3O2S. The molecule has 0 radical (unpaired) electrons. The molecule has 0 unspecified atom stereocenters. The van der Waals surface area contributed by atoms with E-state index in [-0.39, 0.29) is 17.5 Å². The number of sulfone groups is 1. The third kappa shape index (κ3) is 1.95. The number of nitrogen functional groups attached to an aromatic ring is 1. The summed E-state index contributed by atoms with van der Waals surface area (Å²) < 4.78 is 21.7. The van der Waals surface area contributed by atoms with Crippen LogP contribution in [-0.4, -0.2) is 30.9 Å². The smallest absolute Gasteiger partial charge is 0.154 e. The molecule has 5 nitrogen and oxygen atoms in total. The average Bonchev–Trinajstić information content (AvgIpc) is 2.06. The van der Waals surface area contributed by atoms with Gasteiger partial charge in [-0.15, -0.1) is 0 Å². The van der Waals surface area contributed by atoms with E-state index in [0.717, 1.165) is 0 Å². The van der Waals surface area contributed by atoms with Crippen LogP contribution >= 0.6 is 0 Å². The molecule has 0 amide bonds. The van der Waals surface area contributed by atoms with Gasteiger partial charge in [0.05, 0.1) is 29.4 Å². The molecule has 14 heavy (non-hydrogen) atoms. The molecular weight excluding hydrogens is 202 g/mol. The van der Waals surface area contributed by atoms with E-state index in [2.05, 4.69) is 10.3 Å². The largest absolute Gasteiger partial charge is 0.397 e. The molecule has 0 atom stereocenters. The van der Waals surface area contributed by atoms with Gasteiger partial charge in [-0.3, -0.25) is 0 Å². The van der Waals surface area contributed by atoms with Gasteiger partial charge in [0, 0.05) is 0 Å². The Labute approximate surface area is 82.3 Å². The van der Waals surface area contributed by atoms with Gasteiger partial charge in [0.15, 0.2) is 9.84 Å². The Morgan fingerprint density at radius 3 is 2.64 bits per heavy atom. The van der Waals surface area contributed by atoms with E-state index >= 15 is 0 Å². The van der Waals surface area contributed by atoms with Crippen molar-refractivity contribution in [2.75, 3.05) is 22.6 Å². The molecule has 0 saturated carbocycles. The molecule has 2 rings (SSSR count). The van der Waals surface area contributed by atoms with Crippen molar-refractivity contribution in [3.63, 3.8) is 0 Å². The summed E-state index contributed by atoms with van der Waals surface area (Å²) in [5.41, 5.74) is 6.06. The van der Waals surface area contributed by atoms with Gasteiger partial charge in [-0.2, -0.15) is 0 Å². The van der Waals surface area contributed by atoms with Gasteiger partial charge < -0.3 is 11.1 Å². The Morgan fingerprint density at radius 1 is 1.43 bits per heavy atom. The Bertz CT molecular complexity index is 414. The predicted octanol–water partition coefficient (Wildman–Crippen LogP) is -0.127. The second-order valence-corrected chi connectivity index (χ2v) is 5.55. The van der Waals surface area contributed by atoms with Crippen molar-refractivity contribution in [1.29, 1.82) is 0 Å². The summed E-state index contributed by atoms with van der Waals surface area (Å²) in [5, 5.41) is 3.02. The van der Waals surface area contributed by atoms with Crippen LogP contribution in [0.3, 0.4) is 0 Å². The molecule has 1 saturated heterocycles. The van der Waals surface area contributed by atoms with Gasteiger partial charge in [-0.1, -0.05) is 0 Å². The summed E-state index contributed by atoms with van der Waals surface area (Å²) in [5.74, 6) is 1.05. The van der Waals surface area contributed by atoms with Crippen LogP contribution in [0.15, 0.2) is 18.3 Å². The van der Waals surface area contributed by atoms with E-state index in [0.29, 0.717) is 11.5 Å². The minimum atomic E-state index is -2.77. The number of hydrogen-bond donors (Lipinski definition) is 2. The first kappa shape index (κ1) is 9.26. The minimum Gasteiger partial charge on any atom is -0.397 e. The standard InChI is InChI=1S/C8H11N3O2S/c9-6-1-2-8(10-3-6)11-7-4-14(12,13)5-7/h1-3,7H,4-5,9H2,(H,10,11). The SMILES string of the molecule is Nc1ccc(NC2CS(=O)(=O)C2)nc1. The van der Waals surface area contributed by atoms with E-state index in [4.69, 9.17) is 5.73 Å². The Hall–Kier alpha value is -1.30. The molecule has 0 aromatic carbocycles. The van der Waals surface area contributed by atoms with Crippen LogP contribution in [0.2, 0.25) is 0 Å². The van der Waals surface area contributed by atoms with Crippen molar-refractivity contribution in [3.8, 4) is 0 Å². The maximum absolute atomic E-state index is 10.9. The van der Waals surface area contributed by atoms with Crippen LogP contribution in [0.5, 0.6) is 0 Å². The number of pyridine rings is 1. The topological polar surface area (TPSA) is 85.1 Å². The number of hydrogen-bond acceptors (Lipinski definition) is 5. The fraction of sp³-hybridized carbons (Fsp3) is 0.375. The molecule has 1 fully saturated rings. The Morgan fingerprint density at radius 2 is 2.14 bits per heavy atom. The summed E-state index contributed by atoms with van der Waals surface area (Å²) in [6.07, 6.45) is 1.54. The van der Waals surface area contributed by atoms with E-state index < -0.39 is 9.84 Å². The molecule has 0 spiro atoms. The van der Waals surface area contributed by atoms with Crippen molar-refractivity contribution >= 4 is 21.3 Å². The van der Waals surface area contributed by atoms with E-state index in [1.54, 1.807) is 12.1 Å². The van der Waals surface area contributed by atoms with Crippen LogP contribution in [-0.2, 0) is 9.84 Å². The van der Waals surface area contributed by atoms with Crippen LogP contribution in [0.4, 0.5) is 11.5 Å². The van der Waals surface area contributed by atoms with Crippen LogP contribution in [0.1, 0.15) is 0 Å². The third-order valence-electron chi connectivity index (χ3n) is 2.05. The third-order valence-corrected chi connectivity index (χ3v) is 3.87. The van der Waals surface area contributed by atoms with Gasteiger partial charge in [0.2, 0.25) is 0 Å². The van der Waals surface area contributed by atoms with Gasteiger partial charge in [-0.05, 0) is 12.1 Å². The first-order chi connectivity index (χ1) is 6.55. The predicted molar refractivity (Wildman–Crippen MR) is 54.7 cm³/mol. The molecule has 3 N–H and O–H groups in total. The molecule has 1 aromatic rings. The molecule has 1 aliphatic rings. The molecule has 76 valence electrons. The fourth-order valence-corrected chi connectivity index (χ4v) is 2.64. The maximum Gasteiger partial charge on any atom is 0.154 e. The normalized spacial score (nSPS) is 20.0. The zero-order valence-electron chi connectivity index (χ0n) is 7.47. The van der Waals surface area contributed by atoms with Gasteiger partial charge >= 0.3 is 0 Å². The fourth-order valence-electron chi connectivity index (χ4n) is 1.35. The second kappa shape index (κ2) is 3.13. The summed E-state index contributed by atoms with van der Waals surface area (Å²) in [4.78, 5) is 4.02. The maximum atomic E-state index is 10.9. The van der Waals surface area contributed by atoms with Gasteiger partial charge in [-0.25, -0.2) is 13.4 Å². The first-order valence-electron chi connectivity index (χ1n) is 4.24. The van der Waals surface area contributed by atoms with Gasteiger partial charge in [0.1, 0.15) is 5.82 Å². The van der Waals surface area contributed by atoms with Crippen molar-refractivity contribution in [1.82, 2.24) is 4.98 Å². The molecule has 0 aliphatic carbocycles. The summed E-state index contributed by atoms with van der Waals surface area (Å²) >= 11 is 0. The zero-order valence-corrected chi connectivity index (χ0v) is 8.29. The lowest BCUT2D eigenvalue weighted by Crippen LogP contribution is -2.46. The monoisotopic (exact) mass is 213 g/mol. The first-order valence-corrected chi connectivity index (χ1v) is 6.06. The van der Waals surface area contributed by atoms with E-state index in [1.165, 1.54) is 6.20 Å². The molecule has 0 bridgehead atoms. The van der Waals surface area contributed by atoms with Crippen molar-refractivity contribution in [2.24, 2.45) is 0 Å². The molecule has 1 aliphatic heterocycles. The number of nitrogens with one attached hydrogen (secondary N) is 1. The highest BCUT2D eigenvalue weighted by Crippen LogP contribution is 2.15. The Balaban J connectivity index is 1.97. The average molecular weight is 213 g/mol. The highest BCUT2D eigenvalue weighted by atomic mass is 32.2. The molecule has 6 heteroatoms. The number of aromatic nitrogens is 1. The van der Waals surface area contributed by atoms with Crippen molar-refractivity contribution in [3.05, 3.63) is 18.3 Å². The van der Waals surface area contributed by atoms with Crippen LogP contribution in [0, 0.1) is 0 Å². The minimum absolute atomic E-state index is 0.00359. The summed E-state index contributed by atoms with van der Waals surface area (Å²) in [6, 6.07) is 3.46. The number of nitrogens with two attached hydrogens (primary N) is 1. The lowest BCUT2D eigenvalue weighted by molar-refractivity contribution is 0.570. The summed E-state index contributed by atoms with van der Waals surface area (Å²) in [6.45, 7) is 0. The summed E-state index contributed by atoms with van der Waals surface area (Å²) in [7, 11) is -2.77. The van der Waals surface area contributed by atoms with E-state index in [1.807, 2.05) is 0 Å².